The second-order valence-electron chi connectivity index (χ2n) is 6.71. The zero-order valence-corrected chi connectivity index (χ0v) is 12.9. The first-order valence-corrected chi connectivity index (χ1v) is 7.82. The molecule has 1 N–H and O–H groups in total. The van der Waals surface area contributed by atoms with E-state index in [1.807, 2.05) is 23.1 Å². The van der Waals surface area contributed by atoms with Gasteiger partial charge in [0.15, 0.2) is 0 Å². The highest BCUT2D eigenvalue weighted by Crippen LogP contribution is 2.55. The predicted octanol–water partition coefficient (Wildman–Crippen LogP) is 1.64. The standard InChI is InChI=1S/C17H20N2O3/c1-10(20)18-14-9-17-6-5-11-7-12(22-2)3-4-15(11)19(17)16(21)13(14)8-17/h3-4,7,13-14H,5-6,8-9H2,1-2H3,(H,18,20)/t13-,14-,17+/m1/s1. The minimum Gasteiger partial charge on any atom is -0.497 e. The summed E-state index contributed by atoms with van der Waals surface area (Å²) in [6, 6.07) is 5.96. The molecule has 22 heavy (non-hydrogen) atoms. The van der Waals surface area contributed by atoms with E-state index in [9.17, 15) is 9.59 Å². The fourth-order valence-corrected chi connectivity index (χ4v) is 4.61. The van der Waals surface area contributed by atoms with E-state index in [-0.39, 0.29) is 29.3 Å². The van der Waals surface area contributed by atoms with E-state index >= 15 is 0 Å². The summed E-state index contributed by atoms with van der Waals surface area (Å²) in [5.41, 5.74) is 2.11. The van der Waals surface area contributed by atoms with Crippen molar-refractivity contribution in [2.45, 2.75) is 44.2 Å². The van der Waals surface area contributed by atoms with Crippen LogP contribution in [0.1, 0.15) is 31.7 Å². The highest BCUT2D eigenvalue weighted by atomic mass is 16.5. The number of anilines is 1. The van der Waals surface area contributed by atoms with Gasteiger partial charge in [0.1, 0.15) is 5.75 Å². The molecule has 2 bridgehead atoms. The summed E-state index contributed by atoms with van der Waals surface area (Å²) < 4.78 is 5.29. The van der Waals surface area contributed by atoms with Crippen LogP contribution in [0.4, 0.5) is 5.69 Å². The lowest BCUT2D eigenvalue weighted by Gasteiger charge is -2.45. The number of ether oxygens (including phenoxy) is 1. The Balaban J connectivity index is 1.70. The normalized spacial score (nSPS) is 31.7. The number of carbonyl (C=O) groups excluding carboxylic acids is 2. The lowest BCUT2D eigenvalue weighted by atomic mass is 9.83. The molecule has 0 radical (unpaired) electrons. The molecule has 1 aliphatic carbocycles. The third-order valence-corrected chi connectivity index (χ3v) is 5.47. The van der Waals surface area contributed by atoms with Crippen molar-refractivity contribution >= 4 is 17.5 Å². The van der Waals surface area contributed by atoms with E-state index in [0.717, 1.165) is 37.1 Å². The van der Waals surface area contributed by atoms with Crippen molar-refractivity contribution in [1.82, 2.24) is 5.32 Å². The Kier molecular flexibility index (Phi) is 2.77. The van der Waals surface area contributed by atoms with E-state index < -0.39 is 0 Å². The maximum atomic E-state index is 12.8. The van der Waals surface area contributed by atoms with Gasteiger partial charge >= 0.3 is 0 Å². The van der Waals surface area contributed by atoms with E-state index in [0.29, 0.717) is 0 Å². The molecule has 0 unspecified atom stereocenters. The maximum absolute atomic E-state index is 12.8. The van der Waals surface area contributed by atoms with Crippen LogP contribution in [0.15, 0.2) is 18.2 Å². The molecular weight excluding hydrogens is 280 g/mol. The smallest absolute Gasteiger partial charge is 0.232 e. The molecule has 3 aliphatic rings. The first kappa shape index (κ1) is 13.6. The number of benzene rings is 1. The first-order chi connectivity index (χ1) is 10.5. The van der Waals surface area contributed by atoms with Crippen LogP contribution in [-0.4, -0.2) is 30.5 Å². The lowest BCUT2D eigenvalue weighted by Crippen LogP contribution is -2.56. The van der Waals surface area contributed by atoms with Gasteiger partial charge in [0.2, 0.25) is 11.8 Å². The van der Waals surface area contributed by atoms with Crippen molar-refractivity contribution in [3.8, 4) is 5.75 Å². The molecule has 5 nitrogen and oxygen atoms in total. The predicted molar refractivity (Wildman–Crippen MR) is 81.9 cm³/mol. The average Bonchev–Trinajstić information content (AvgIpc) is 2.98. The Morgan fingerprint density at radius 1 is 1.41 bits per heavy atom. The monoisotopic (exact) mass is 300 g/mol. The number of carbonyl (C=O) groups is 2. The van der Waals surface area contributed by atoms with Gasteiger partial charge in [-0.3, -0.25) is 9.59 Å². The van der Waals surface area contributed by atoms with E-state index in [1.54, 1.807) is 7.11 Å². The lowest BCUT2D eigenvalue weighted by molar-refractivity contribution is -0.124. The topological polar surface area (TPSA) is 58.6 Å². The highest BCUT2D eigenvalue weighted by molar-refractivity contribution is 6.02. The minimum atomic E-state index is -0.101. The van der Waals surface area contributed by atoms with Gasteiger partial charge in [-0.2, -0.15) is 0 Å². The summed E-state index contributed by atoms with van der Waals surface area (Å²) in [4.78, 5) is 26.2. The van der Waals surface area contributed by atoms with Crippen molar-refractivity contribution in [1.29, 1.82) is 0 Å². The largest absolute Gasteiger partial charge is 0.497 e. The first-order valence-electron chi connectivity index (χ1n) is 7.82. The minimum absolute atomic E-state index is 0.000971. The Bertz CT molecular complexity index is 672. The van der Waals surface area contributed by atoms with Gasteiger partial charge < -0.3 is 15.0 Å². The molecule has 116 valence electrons. The number of fused-ring (bicyclic) bond motifs is 3. The number of hydrogen-bond acceptors (Lipinski definition) is 3. The summed E-state index contributed by atoms with van der Waals surface area (Å²) in [5.74, 6) is 0.880. The summed E-state index contributed by atoms with van der Waals surface area (Å²) in [6.45, 7) is 1.52. The summed E-state index contributed by atoms with van der Waals surface area (Å²) in [5, 5.41) is 2.97. The van der Waals surface area contributed by atoms with E-state index in [4.69, 9.17) is 4.74 Å². The molecule has 2 aliphatic heterocycles. The average molecular weight is 300 g/mol. The zero-order valence-electron chi connectivity index (χ0n) is 12.9. The molecule has 1 saturated heterocycles. The van der Waals surface area contributed by atoms with Crippen LogP contribution in [0.2, 0.25) is 0 Å². The molecule has 3 atom stereocenters. The number of aryl methyl sites for hydroxylation is 1. The number of nitrogens with one attached hydrogen (secondary N) is 1. The molecule has 4 rings (SSSR count). The Morgan fingerprint density at radius 2 is 2.23 bits per heavy atom. The quantitative estimate of drug-likeness (QED) is 0.903. The van der Waals surface area contributed by atoms with Crippen LogP contribution in [0.3, 0.4) is 0 Å². The fraction of sp³-hybridized carbons (Fsp3) is 0.529. The maximum Gasteiger partial charge on any atom is 0.232 e. The number of hydrogen-bond donors (Lipinski definition) is 1. The third kappa shape index (κ3) is 1.71. The molecular formula is C17H20N2O3. The van der Waals surface area contributed by atoms with E-state index in [1.165, 1.54) is 12.5 Å². The number of rotatable bonds is 2. The Morgan fingerprint density at radius 3 is 2.95 bits per heavy atom. The van der Waals surface area contributed by atoms with Gasteiger partial charge in [-0.1, -0.05) is 0 Å². The molecule has 1 aromatic carbocycles. The second-order valence-corrected chi connectivity index (χ2v) is 6.71. The van der Waals surface area contributed by atoms with Crippen LogP contribution < -0.4 is 15.0 Å². The van der Waals surface area contributed by atoms with Crippen LogP contribution >= 0.6 is 0 Å². The van der Waals surface area contributed by atoms with Crippen molar-refractivity contribution in [3.05, 3.63) is 23.8 Å². The van der Waals surface area contributed by atoms with Gasteiger partial charge in [-0.25, -0.2) is 0 Å². The fourth-order valence-electron chi connectivity index (χ4n) is 4.61. The number of methoxy groups -OCH3 is 1. The number of piperidine rings is 1. The SMILES string of the molecule is COc1ccc2c(c1)CC[C@@]13C[C@@H](NC(C)=O)[C@@H](C1)C(=O)N23. The molecule has 5 heteroatoms. The Labute approximate surface area is 129 Å². The van der Waals surface area contributed by atoms with Gasteiger partial charge in [-0.15, -0.1) is 0 Å². The number of amides is 2. The van der Waals surface area contributed by atoms with Crippen LogP contribution in [0.5, 0.6) is 5.75 Å². The van der Waals surface area contributed by atoms with Gasteiger partial charge in [-0.05, 0) is 49.4 Å². The van der Waals surface area contributed by atoms with Gasteiger partial charge in [0.25, 0.3) is 0 Å². The Hall–Kier alpha value is -2.04. The molecule has 2 amide bonds. The van der Waals surface area contributed by atoms with Crippen molar-refractivity contribution < 1.29 is 14.3 Å². The summed E-state index contributed by atoms with van der Waals surface area (Å²) >= 11 is 0. The summed E-state index contributed by atoms with van der Waals surface area (Å²) in [7, 11) is 1.66. The third-order valence-electron chi connectivity index (χ3n) is 5.47. The van der Waals surface area contributed by atoms with Crippen LogP contribution in [-0.2, 0) is 16.0 Å². The van der Waals surface area contributed by atoms with E-state index in [2.05, 4.69) is 5.32 Å². The molecule has 1 spiro atoms. The van der Waals surface area contributed by atoms with Crippen LogP contribution in [0, 0.1) is 5.92 Å². The van der Waals surface area contributed by atoms with Crippen molar-refractivity contribution in [2.24, 2.45) is 5.92 Å². The molecule has 2 heterocycles. The highest BCUT2D eigenvalue weighted by Gasteiger charge is 2.61. The zero-order chi connectivity index (χ0) is 15.5. The van der Waals surface area contributed by atoms with Gasteiger partial charge in [0, 0.05) is 18.7 Å². The summed E-state index contributed by atoms with van der Waals surface area (Å²) in [6.07, 6.45) is 3.65. The second kappa shape index (κ2) is 4.48. The molecule has 2 fully saturated rings. The van der Waals surface area contributed by atoms with Gasteiger partial charge in [0.05, 0.1) is 18.6 Å². The molecule has 0 aromatic heterocycles. The number of nitrogens with zero attached hydrogens (tertiary/aromatic N) is 1. The van der Waals surface area contributed by atoms with Crippen molar-refractivity contribution in [2.75, 3.05) is 12.0 Å². The molecule has 1 saturated carbocycles. The van der Waals surface area contributed by atoms with Crippen LogP contribution in [0.25, 0.3) is 0 Å². The molecule has 1 aromatic rings. The van der Waals surface area contributed by atoms with Crippen molar-refractivity contribution in [3.63, 3.8) is 0 Å².